The van der Waals surface area contributed by atoms with E-state index in [2.05, 4.69) is 41.9 Å². The van der Waals surface area contributed by atoms with E-state index in [9.17, 15) is 72.9 Å². The van der Waals surface area contributed by atoms with Gasteiger partial charge in [-0.25, -0.2) is 9.78 Å². The molecule has 5 rings (SSSR count). The lowest BCUT2D eigenvalue weighted by Crippen LogP contribution is -2.61. The molecule has 3 aromatic rings. The summed E-state index contributed by atoms with van der Waals surface area (Å²) in [5.41, 5.74) is 13.4. The van der Waals surface area contributed by atoms with Gasteiger partial charge < -0.3 is 73.5 Å². The van der Waals surface area contributed by atoms with Crippen molar-refractivity contribution in [2.24, 2.45) is 17.4 Å². The fourth-order valence-corrected chi connectivity index (χ4v) is 9.48. The second-order valence-corrected chi connectivity index (χ2v) is 20.2. The number of imidazole rings is 1. The summed E-state index contributed by atoms with van der Waals surface area (Å²) in [6.45, 7) is 3.41. The van der Waals surface area contributed by atoms with E-state index < -0.39 is 151 Å². The Morgan fingerprint density at radius 3 is 1.65 bits per heavy atom. The van der Waals surface area contributed by atoms with E-state index in [1.165, 1.54) is 17.4 Å². The molecule has 14 N–H and O–H groups in total. The first-order chi connectivity index (χ1) is 38.0. The number of nitrogens with one attached hydrogen (secondary N) is 7. The van der Waals surface area contributed by atoms with E-state index in [1.54, 1.807) is 68.4 Å². The smallest absolute Gasteiger partial charge is 0.326 e. The van der Waals surface area contributed by atoms with Crippen molar-refractivity contribution in [2.45, 2.75) is 145 Å². The topological polar surface area (TPSA) is 425 Å². The number of aromatic amines is 1. The molecule has 432 valence electrons. The molecular weight excluding hydrogens is 1040 g/mol. The highest BCUT2D eigenvalue weighted by Crippen LogP contribution is 2.22. The Hall–Kier alpha value is -8.75. The fourth-order valence-electron chi connectivity index (χ4n) is 9.48. The standard InChI is InChI=1S/C53H70N12O15/c1-29(2)21-35(47(73)63-39(26-44(69)70)52(78)65-20-10-16-41(65)53(79)80)59-46(72)34(17-18-42(55)66)58-48(74)36(24-32-27-56-28-57-32)60-49(75)37(25-43(67)68)61-50(76)40-15-9-19-64(40)51(77)38(23-31-13-7-4-8-14-31)62-45(71)33(54)22-30-11-5-3-6-12-30/h3-8,11-14,27-29,33-41H,9-10,15-26,54H2,1-2H3,(H2,55,66)(H,56,57)(H,58,74)(H,59,72)(H,60,75)(H,61,76)(H,62,71)(H,63,73)(H,67,68)(H,69,70)(H,79,80)/t33-,34-,35-,36-,37-,38-,39-,40-,41-/m0/s1. The molecule has 0 radical (unpaired) electrons. The number of hydrogen-bond acceptors (Lipinski definition) is 14. The summed E-state index contributed by atoms with van der Waals surface area (Å²) < 4.78 is 0. The quantitative estimate of drug-likeness (QED) is 0.0344. The first kappa shape index (κ1) is 62.1. The van der Waals surface area contributed by atoms with Crippen LogP contribution in [0.5, 0.6) is 0 Å². The van der Waals surface area contributed by atoms with Gasteiger partial charge in [0.2, 0.25) is 53.2 Å². The van der Waals surface area contributed by atoms with E-state index in [4.69, 9.17) is 11.5 Å². The molecule has 3 heterocycles. The predicted molar refractivity (Wildman–Crippen MR) is 282 cm³/mol. The molecule has 0 bridgehead atoms. The Kier molecular flexibility index (Phi) is 23.2. The molecule has 80 heavy (non-hydrogen) atoms. The van der Waals surface area contributed by atoms with Gasteiger partial charge in [-0.3, -0.25) is 52.7 Å². The van der Waals surface area contributed by atoms with E-state index in [-0.39, 0.29) is 63.2 Å². The first-order valence-electron chi connectivity index (χ1n) is 26.2. The van der Waals surface area contributed by atoms with Crippen LogP contribution in [0.25, 0.3) is 0 Å². The first-order valence-corrected chi connectivity index (χ1v) is 26.2. The summed E-state index contributed by atoms with van der Waals surface area (Å²) in [4.78, 5) is 169. The van der Waals surface area contributed by atoms with Gasteiger partial charge in [0.1, 0.15) is 48.3 Å². The molecule has 1 aromatic heterocycles. The Bertz CT molecular complexity index is 2690. The molecule has 2 aliphatic rings. The van der Waals surface area contributed by atoms with Gasteiger partial charge in [-0.2, -0.15) is 0 Å². The number of likely N-dealkylation sites (tertiary alicyclic amines) is 2. The molecular formula is C53H70N12O15. The molecule has 2 aromatic carbocycles. The van der Waals surface area contributed by atoms with Crippen LogP contribution < -0.4 is 43.4 Å². The van der Waals surface area contributed by atoms with Crippen LogP contribution in [0, 0.1) is 5.92 Å². The molecule has 2 fully saturated rings. The molecule has 27 nitrogen and oxygen atoms in total. The number of hydrogen-bond donors (Lipinski definition) is 12. The average molecular weight is 1120 g/mol. The highest BCUT2D eigenvalue weighted by atomic mass is 16.4. The number of carbonyl (C=O) groups is 12. The molecule has 2 saturated heterocycles. The van der Waals surface area contributed by atoms with Crippen molar-refractivity contribution in [3.63, 3.8) is 0 Å². The van der Waals surface area contributed by atoms with Crippen LogP contribution in [0.2, 0.25) is 0 Å². The maximum Gasteiger partial charge on any atom is 0.326 e. The third-order valence-corrected chi connectivity index (χ3v) is 13.5. The van der Waals surface area contributed by atoms with Crippen molar-refractivity contribution in [1.29, 1.82) is 0 Å². The van der Waals surface area contributed by atoms with Crippen LogP contribution in [-0.2, 0) is 76.8 Å². The number of aliphatic carboxylic acids is 3. The zero-order chi connectivity index (χ0) is 58.6. The number of rotatable bonds is 30. The molecule has 9 amide bonds. The number of nitrogens with zero attached hydrogens (tertiary/aromatic N) is 3. The number of carboxylic acid groups (broad SMARTS) is 3. The van der Waals surface area contributed by atoms with E-state index in [1.807, 2.05) is 6.07 Å². The number of nitrogens with two attached hydrogens (primary N) is 2. The maximum atomic E-state index is 14.4. The number of amides is 9. The van der Waals surface area contributed by atoms with Crippen LogP contribution in [0.1, 0.15) is 88.5 Å². The summed E-state index contributed by atoms with van der Waals surface area (Å²) in [6.07, 6.45) is 0.164. The Balaban J connectivity index is 1.34. The molecule has 0 saturated carbocycles. The molecule has 2 aliphatic heterocycles. The van der Waals surface area contributed by atoms with E-state index >= 15 is 0 Å². The zero-order valence-electron chi connectivity index (χ0n) is 44.3. The molecule has 9 atom stereocenters. The molecule has 27 heteroatoms. The van der Waals surface area contributed by atoms with Crippen molar-refractivity contribution < 1.29 is 72.9 Å². The van der Waals surface area contributed by atoms with Crippen LogP contribution in [-0.4, -0.2) is 174 Å². The zero-order valence-corrected chi connectivity index (χ0v) is 44.3. The third-order valence-electron chi connectivity index (χ3n) is 13.5. The van der Waals surface area contributed by atoms with Gasteiger partial charge in [-0.1, -0.05) is 74.5 Å². The van der Waals surface area contributed by atoms with Crippen LogP contribution in [0.4, 0.5) is 0 Å². The van der Waals surface area contributed by atoms with E-state index in [0.29, 0.717) is 18.4 Å². The van der Waals surface area contributed by atoms with Crippen molar-refractivity contribution >= 4 is 71.1 Å². The summed E-state index contributed by atoms with van der Waals surface area (Å²) >= 11 is 0. The lowest BCUT2D eigenvalue weighted by Gasteiger charge is -2.30. The molecule has 0 spiro atoms. The SMILES string of the molecule is CC(C)C[C@H](NC(=O)[C@H](CCC(N)=O)NC(=O)[C@H](Cc1cnc[nH]1)NC(=O)[C@H](CC(=O)O)NC(=O)[C@@H]1CCCN1C(=O)[C@H](Cc1ccccc1)NC(=O)[C@@H](N)Cc1ccccc1)C(=O)N[C@@H](CC(=O)O)C(=O)N1CCC[C@H]1C(=O)O. The van der Waals surface area contributed by atoms with Gasteiger partial charge in [-0.15, -0.1) is 0 Å². The monoisotopic (exact) mass is 1110 g/mol. The van der Waals surface area contributed by atoms with Gasteiger partial charge in [0.05, 0.1) is 25.2 Å². The number of primary amides is 1. The lowest BCUT2D eigenvalue weighted by molar-refractivity contribution is -0.150. The Morgan fingerprint density at radius 2 is 1.09 bits per heavy atom. The number of H-pyrrole nitrogens is 1. The van der Waals surface area contributed by atoms with E-state index in [0.717, 1.165) is 10.5 Å². The van der Waals surface area contributed by atoms with Crippen molar-refractivity contribution in [1.82, 2.24) is 51.7 Å². The fraction of sp³-hybridized carbons (Fsp3) is 0.491. The van der Waals surface area contributed by atoms with Crippen molar-refractivity contribution in [3.05, 3.63) is 90.0 Å². The van der Waals surface area contributed by atoms with Gasteiger partial charge in [0, 0.05) is 44.2 Å². The second-order valence-electron chi connectivity index (χ2n) is 20.2. The second kappa shape index (κ2) is 29.8. The molecule has 0 unspecified atom stereocenters. The maximum absolute atomic E-state index is 14.4. The lowest BCUT2D eigenvalue weighted by atomic mass is 10.0. The number of carboxylic acids is 3. The highest BCUT2D eigenvalue weighted by molar-refractivity contribution is 5.99. The minimum Gasteiger partial charge on any atom is -0.481 e. The van der Waals surface area contributed by atoms with Crippen LogP contribution >= 0.6 is 0 Å². The van der Waals surface area contributed by atoms with Crippen LogP contribution in [0.15, 0.2) is 73.2 Å². The van der Waals surface area contributed by atoms with Crippen LogP contribution in [0.3, 0.4) is 0 Å². The Morgan fingerprint density at radius 1 is 0.600 bits per heavy atom. The number of benzene rings is 2. The minimum absolute atomic E-state index is 0.0142. The Labute approximate surface area is 460 Å². The van der Waals surface area contributed by atoms with Gasteiger partial charge in [0.15, 0.2) is 0 Å². The number of carbonyl (C=O) groups excluding carboxylic acids is 9. The van der Waals surface area contributed by atoms with Crippen molar-refractivity contribution in [2.75, 3.05) is 13.1 Å². The summed E-state index contributed by atoms with van der Waals surface area (Å²) in [5.74, 6) is -13.1. The highest BCUT2D eigenvalue weighted by Gasteiger charge is 2.42. The normalized spacial score (nSPS) is 17.6. The summed E-state index contributed by atoms with van der Waals surface area (Å²) in [7, 11) is 0. The number of aromatic nitrogens is 2. The van der Waals surface area contributed by atoms with Gasteiger partial charge in [-0.05, 0) is 62.0 Å². The van der Waals surface area contributed by atoms with Gasteiger partial charge >= 0.3 is 17.9 Å². The largest absolute Gasteiger partial charge is 0.481 e. The van der Waals surface area contributed by atoms with Gasteiger partial charge in [0.25, 0.3) is 0 Å². The minimum atomic E-state index is -1.87. The summed E-state index contributed by atoms with van der Waals surface area (Å²) in [6, 6.07) is 4.59. The molecule has 0 aliphatic carbocycles. The third kappa shape index (κ3) is 18.7. The van der Waals surface area contributed by atoms with Crippen molar-refractivity contribution in [3.8, 4) is 0 Å². The summed E-state index contributed by atoms with van der Waals surface area (Å²) in [5, 5.41) is 44.2. The predicted octanol–water partition coefficient (Wildman–Crippen LogP) is -2.00. The average Bonchev–Trinajstić information content (AvgIpc) is 4.23.